The lowest BCUT2D eigenvalue weighted by molar-refractivity contribution is 0.593. The van der Waals surface area contributed by atoms with Crippen molar-refractivity contribution in [2.24, 2.45) is 0 Å². The SMILES string of the molecule is Cc1cc(S(C)(=O)=O)cnc1S(C)(=O)=O. The fourth-order valence-electron chi connectivity index (χ4n) is 1.13. The van der Waals surface area contributed by atoms with Gasteiger partial charge in [-0.05, 0) is 18.6 Å². The van der Waals surface area contributed by atoms with Crippen LogP contribution in [0.4, 0.5) is 0 Å². The molecule has 0 N–H and O–H groups in total. The van der Waals surface area contributed by atoms with Crippen LogP contribution in [0, 0.1) is 6.92 Å². The van der Waals surface area contributed by atoms with Gasteiger partial charge in [0.1, 0.15) is 0 Å². The van der Waals surface area contributed by atoms with Crippen LogP contribution in [0.15, 0.2) is 22.2 Å². The monoisotopic (exact) mass is 249 g/mol. The van der Waals surface area contributed by atoms with Crippen LogP contribution in [-0.4, -0.2) is 34.3 Å². The molecule has 0 atom stereocenters. The van der Waals surface area contributed by atoms with Crippen molar-refractivity contribution in [2.75, 3.05) is 12.5 Å². The minimum absolute atomic E-state index is 0.0207. The molecular weight excluding hydrogens is 238 g/mol. The molecule has 15 heavy (non-hydrogen) atoms. The van der Waals surface area contributed by atoms with E-state index < -0.39 is 19.7 Å². The molecule has 0 unspecified atom stereocenters. The third-order valence-electron chi connectivity index (χ3n) is 1.78. The Labute approximate surface area is 89.0 Å². The number of hydrogen-bond donors (Lipinski definition) is 0. The van der Waals surface area contributed by atoms with Crippen molar-refractivity contribution in [2.45, 2.75) is 16.8 Å². The topological polar surface area (TPSA) is 81.2 Å². The summed E-state index contributed by atoms with van der Waals surface area (Å²) in [5.41, 5.74) is 0.334. The first kappa shape index (κ1) is 12.1. The number of sulfone groups is 2. The summed E-state index contributed by atoms with van der Waals surface area (Å²) in [5, 5.41) is -0.0881. The zero-order chi connectivity index (χ0) is 11.9. The van der Waals surface area contributed by atoms with Gasteiger partial charge in [-0.1, -0.05) is 0 Å². The summed E-state index contributed by atoms with van der Waals surface area (Å²) in [6, 6.07) is 1.30. The summed E-state index contributed by atoms with van der Waals surface area (Å²) < 4.78 is 44.7. The van der Waals surface area contributed by atoms with Gasteiger partial charge in [-0.2, -0.15) is 0 Å². The third kappa shape index (κ3) is 2.75. The number of nitrogens with zero attached hydrogens (tertiary/aromatic N) is 1. The Kier molecular flexibility index (Phi) is 2.88. The molecule has 1 aromatic rings. The quantitative estimate of drug-likeness (QED) is 0.747. The molecule has 7 heteroatoms. The van der Waals surface area contributed by atoms with E-state index in [0.29, 0.717) is 5.56 Å². The summed E-state index contributed by atoms with van der Waals surface area (Å²) >= 11 is 0. The Hall–Kier alpha value is -0.950. The first-order valence-electron chi connectivity index (χ1n) is 3.99. The molecule has 0 aromatic carbocycles. The summed E-state index contributed by atoms with van der Waals surface area (Å²) in [5.74, 6) is 0. The van der Waals surface area contributed by atoms with Gasteiger partial charge in [0.05, 0.1) is 4.90 Å². The van der Waals surface area contributed by atoms with E-state index in [9.17, 15) is 16.8 Å². The van der Waals surface area contributed by atoms with Gasteiger partial charge in [0.15, 0.2) is 24.7 Å². The van der Waals surface area contributed by atoms with Gasteiger partial charge in [0, 0.05) is 18.7 Å². The molecule has 5 nitrogen and oxygen atoms in total. The highest BCUT2D eigenvalue weighted by Crippen LogP contribution is 2.16. The number of hydrogen-bond acceptors (Lipinski definition) is 5. The van der Waals surface area contributed by atoms with Crippen LogP contribution >= 0.6 is 0 Å². The molecule has 1 rings (SSSR count). The fraction of sp³-hybridized carbons (Fsp3) is 0.375. The van der Waals surface area contributed by atoms with Crippen LogP contribution in [0.3, 0.4) is 0 Å². The van der Waals surface area contributed by atoms with Crippen molar-refractivity contribution >= 4 is 19.7 Å². The lowest BCUT2D eigenvalue weighted by Crippen LogP contribution is -2.06. The predicted molar refractivity (Wildman–Crippen MR) is 55.2 cm³/mol. The van der Waals surface area contributed by atoms with Crippen molar-refractivity contribution in [1.29, 1.82) is 0 Å². The van der Waals surface area contributed by atoms with Gasteiger partial charge in [-0.15, -0.1) is 0 Å². The molecule has 0 aliphatic carbocycles. The van der Waals surface area contributed by atoms with Crippen LogP contribution in [0.2, 0.25) is 0 Å². The Balaban J connectivity index is 3.47. The van der Waals surface area contributed by atoms with Crippen LogP contribution in [0.5, 0.6) is 0 Å². The second-order valence-electron chi connectivity index (χ2n) is 3.34. The predicted octanol–water partition coefficient (Wildman–Crippen LogP) is 0.197. The van der Waals surface area contributed by atoms with E-state index in [-0.39, 0.29) is 9.92 Å². The van der Waals surface area contributed by atoms with E-state index in [1.54, 1.807) is 0 Å². The minimum Gasteiger partial charge on any atom is -0.243 e. The molecule has 0 spiro atoms. The highest BCUT2D eigenvalue weighted by Gasteiger charge is 2.15. The highest BCUT2D eigenvalue weighted by atomic mass is 32.2. The summed E-state index contributed by atoms with van der Waals surface area (Å²) in [7, 11) is -6.75. The molecule has 1 heterocycles. The highest BCUT2D eigenvalue weighted by molar-refractivity contribution is 7.91. The summed E-state index contributed by atoms with van der Waals surface area (Å²) in [6.45, 7) is 1.51. The number of aryl methyl sites for hydroxylation is 1. The number of pyridine rings is 1. The summed E-state index contributed by atoms with van der Waals surface area (Å²) in [4.78, 5) is 3.67. The van der Waals surface area contributed by atoms with Crippen molar-refractivity contribution in [3.05, 3.63) is 17.8 Å². The molecule has 84 valence electrons. The molecule has 0 radical (unpaired) electrons. The van der Waals surface area contributed by atoms with E-state index in [1.807, 2.05) is 0 Å². The fourth-order valence-corrected chi connectivity index (χ4v) is 2.65. The van der Waals surface area contributed by atoms with Crippen molar-refractivity contribution in [3.63, 3.8) is 0 Å². The number of aromatic nitrogens is 1. The molecule has 0 aliphatic rings. The maximum absolute atomic E-state index is 11.2. The van der Waals surface area contributed by atoms with Gasteiger partial charge in [-0.25, -0.2) is 21.8 Å². The van der Waals surface area contributed by atoms with Gasteiger partial charge in [0.2, 0.25) is 0 Å². The largest absolute Gasteiger partial charge is 0.243 e. The van der Waals surface area contributed by atoms with Gasteiger partial charge >= 0.3 is 0 Å². The molecule has 0 fully saturated rings. The average Bonchev–Trinajstić information content (AvgIpc) is 1.99. The van der Waals surface area contributed by atoms with Crippen molar-refractivity contribution in [1.82, 2.24) is 4.98 Å². The van der Waals surface area contributed by atoms with Crippen LogP contribution in [0.25, 0.3) is 0 Å². The normalized spacial score (nSPS) is 12.7. The van der Waals surface area contributed by atoms with Crippen molar-refractivity contribution in [3.8, 4) is 0 Å². The second kappa shape index (κ2) is 3.57. The Morgan fingerprint density at radius 2 is 1.60 bits per heavy atom. The molecule has 0 aliphatic heterocycles. The van der Waals surface area contributed by atoms with Gasteiger partial charge < -0.3 is 0 Å². The van der Waals surface area contributed by atoms with E-state index in [1.165, 1.54) is 13.0 Å². The Morgan fingerprint density at radius 1 is 1.07 bits per heavy atom. The zero-order valence-corrected chi connectivity index (χ0v) is 10.2. The van der Waals surface area contributed by atoms with E-state index >= 15 is 0 Å². The first-order valence-corrected chi connectivity index (χ1v) is 7.77. The summed E-state index contributed by atoms with van der Waals surface area (Å²) in [6.07, 6.45) is 3.13. The molecular formula is C8H11NO4S2. The Bertz CT molecular complexity index is 587. The molecule has 0 bridgehead atoms. The van der Waals surface area contributed by atoms with E-state index in [4.69, 9.17) is 0 Å². The van der Waals surface area contributed by atoms with E-state index in [0.717, 1.165) is 18.7 Å². The molecule has 0 saturated heterocycles. The zero-order valence-electron chi connectivity index (χ0n) is 8.55. The smallest absolute Gasteiger partial charge is 0.193 e. The minimum atomic E-state index is -3.40. The standard InChI is InChI=1S/C8H11NO4S2/c1-6-4-7(14(2,10)11)5-9-8(6)15(3,12)13/h4-5H,1-3H3. The molecule has 0 saturated carbocycles. The average molecular weight is 249 g/mol. The third-order valence-corrected chi connectivity index (χ3v) is 3.99. The maximum atomic E-state index is 11.2. The van der Waals surface area contributed by atoms with Gasteiger partial charge in [-0.3, -0.25) is 0 Å². The first-order chi connectivity index (χ1) is 6.62. The molecule has 0 amide bonds. The number of rotatable bonds is 2. The van der Waals surface area contributed by atoms with E-state index in [2.05, 4.69) is 4.98 Å². The lowest BCUT2D eigenvalue weighted by Gasteiger charge is -2.04. The van der Waals surface area contributed by atoms with Gasteiger partial charge in [0.25, 0.3) is 0 Å². The Morgan fingerprint density at radius 3 is 1.93 bits per heavy atom. The maximum Gasteiger partial charge on any atom is 0.193 e. The van der Waals surface area contributed by atoms with Crippen LogP contribution < -0.4 is 0 Å². The van der Waals surface area contributed by atoms with Crippen molar-refractivity contribution < 1.29 is 16.8 Å². The van der Waals surface area contributed by atoms with Crippen LogP contribution in [-0.2, 0) is 19.7 Å². The van der Waals surface area contributed by atoms with Crippen LogP contribution in [0.1, 0.15) is 5.56 Å². The molecule has 1 aromatic heterocycles. The second-order valence-corrected chi connectivity index (χ2v) is 7.28. The lowest BCUT2D eigenvalue weighted by atomic mass is 10.3.